The summed E-state index contributed by atoms with van der Waals surface area (Å²) in [6.07, 6.45) is 3.10. The van der Waals surface area contributed by atoms with Gasteiger partial charge in [-0.2, -0.15) is 0 Å². The van der Waals surface area contributed by atoms with E-state index in [0.717, 1.165) is 13.1 Å². The summed E-state index contributed by atoms with van der Waals surface area (Å²) in [5, 5.41) is 2.67. The molecule has 0 spiro atoms. The molecule has 6 nitrogen and oxygen atoms in total. The van der Waals surface area contributed by atoms with Gasteiger partial charge in [0.2, 0.25) is 0 Å². The number of aryl methyl sites for hydroxylation is 1. The normalized spacial score (nSPS) is 14.0. The lowest BCUT2D eigenvalue weighted by molar-refractivity contribution is 0.0746. The van der Waals surface area contributed by atoms with Crippen LogP contribution < -0.4 is 10.2 Å². The van der Waals surface area contributed by atoms with E-state index in [-0.39, 0.29) is 17.5 Å². The molecule has 0 radical (unpaired) electrons. The Labute approximate surface area is 159 Å². The van der Waals surface area contributed by atoms with E-state index in [2.05, 4.69) is 53.0 Å². The predicted molar refractivity (Wildman–Crippen MR) is 106 cm³/mol. The fraction of sp³-hybridized carbons (Fsp3) is 0.286. The zero-order valence-corrected chi connectivity index (χ0v) is 15.5. The number of rotatable bonds is 5. The summed E-state index contributed by atoms with van der Waals surface area (Å²) in [4.78, 5) is 33.0. The number of anilines is 1. The lowest BCUT2D eigenvalue weighted by Gasteiger charge is -2.36. The minimum atomic E-state index is -0.311. The van der Waals surface area contributed by atoms with Gasteiger partial charge in [0.05, 0.1) is 0 Å². The Hall–Kier alpha value is -3.15. The van der Waals surface area contributed by atoms with Crippen LogP contribution in [-0.2, 0) is 0 Å². The highest BCUT2D eigenvalue weighted by Gasteiger charge is 2.23. The standard InChI is InChI=1S/C21H24N4O2/c1-3-8-23-20(26)19-15-17(7-9-22-19)21(27)25-12-10-24(11-13-25)18-6-4-5-16(2)14-18/h3-7,9,14-15H,1,8,10-13H2,2H3,(H,23,26). The van der Waals surface area contributed by atoms with Crippen LogP contribution in [0.25, 0.3) is 0 Å². The molecular weight excluding hydrogens is 340 g/mol. The zero-order valence-electron chi connectivity index (χ0n) is 15.5. The minimum Gasteiger partial charge on any atom is -0.368 e. The third kappa shape index (κ3) is 4.53. The third-order valence-electron chi connectivity index (χ3n) is 4.58. The summed E-state index contributed by atoms with van der Waals surface area (Å²) in [7, 11) is 0. The first-order valence-electron chi connectivity index (χ1n) is 9.04. The second-order valence-corrected chi connectivity index (χ2v) is 6.55. The molecule has 140 valence electrons. The van der Waals surface area contributed by atoms with E-state index < -0.39 is 0 Å². The van der Waals surface area contributed by atoms with Crippen LogP contribution in [0.2, 0.25) is 0 Å². The van der Waals surface area contributed by atoms with Gasteiger partial charge in [-0.05, 0) is 36.8 Å². The molecule has 0 atom stereocenters. The SMILES string of the molecule is C=CCNC(=O)c1cc(C(=O)N2CCN(c3cccc(C)c3)CC2)ccn1. The number of amides is 2. The van der Waals surface area contributed by atoms with Crippen molar-refractivity contribution in [3.8, 4) is 0 Å². The minimum absolute atomic E-state index is 0.0703. The monoisotopic (exact) mass is 364 g/mol. The number of nitrogens with zero attached hydrogens (tertiary/aromatic N) is 3. The lowest BCUT2D eigenvalue weighted by atomic mass is 10.1. The Balaban J connectivity index is 1.64. The van der Waals surface area contributed by atoms with Gasteiger partial charge in [0, 0.05) is 50.2 Å². The highest BCUT2D eigenvalue weighted by Crippen LogP contribution is 2.18. The number of piperazine rings is 1. The lowest BCUT2D eigenvalue weighted by Crippen LogP contribution is -2.48. The molecule has 6 heteroatoms. The van der Waals surface area contributed by atoms with Crippen molar-refractivity contribution < 1.29 is 9.59 Å². The fourth-order valence-corrected chi connectivity index (χ4v) is 3.12. The summed E-state index contributed by atoms with van der Waals surface area (Å²) in [5.74, 6) is -0.382. The maximum absolute atomic E-state index is 12.8. The molecule has 1 aromatic heterocycles. The Bertz CT molecular complexity index is 842. The van der Waals surface area contributed by atoms with Gasteiger partial charge in [-0.3, -0.25) is 14.6 Å². The molecule has 3 rings (SSSR count). The van der Waals surface area contributed by atoms with Crippen molar-refractivity contribution in [2.75, 3.05) is 37.6 Å². The van der Waals surface area contributed by atoms with E-state index in [1.165, 1.54) is 17.4 Å². The van der Waals surface area contributed by atoms with Gasteiger partial charge in [-0.1, -0.05) is 18.2 Å². The zero-order chi connectivity index (χ0) is 19.2. The van der Waals surface area contributed by atoms with Crippen LogP contribution in [0.3, 0.4) is 0 Å². The Morgan fingerprint density at radius 3 is 2.67 bits per heavy atom. The first-order valence-corrected chi connectivity index (χ1v) is 9.04. The van der Waals surface area contributed by atoms with E-state index in [1.54, 1.807) is 18.2 Å². The Morgan fingerprint density at radius 1 is 1.19 bits per heavy atom. The summed E-state index contributed by atoms with van der Waals surface area (Å²) in [6.45, 7) is 8.87. The highest BCUT2D eigenvalue weighted by atomic mass is 16.2. The summed E-state index contributed by atoms with van der Waals surface area (Å²) >= 11 is 0. The van der Waals surface area contributed by atoms with E-state index in [0.29, 0.717) is 25.2 Å². The van der Waals surface area contributed by atoms with Gasteiger partial charge in [-0.15, -0.1) is 6.58 Å². The van der Waals surface area contributed by atoms with Crippen LogP contribution in [0.5, 0.6) is 0 Å². The molecule has 1 aliphatic rings. The molecule has 1 aromatic carbocycles. The topological polar surface area (TPSA) is 65.5 Å². The van der Waals surface area contributed by atoms with Crippen molar-refractivity contribution in [2.24, 2.45) is 0 Å². The summed E-state index contributed by atoms with van der Waals surface area (Å²) in [6, 6.07) is 11.6. The molecule has 1 saturated heterocycles. The number of hydrogen-bond acceptors (Lipinski definition) is 4. The number of aromatic nitrogens is 1. The molecule has 0 unspecified atom stereocenters. The maximum Gasteiger partial charge on any atom is 0.270 e. The Morgan fingerprint density at radius 2 is 1.96 bits per heavy atom. The molecule has 2 aromatic rings. The smallest absolute Gasteiger partial charge is 0.270 e. The van der Waals surface area contributed by atoms with E-state index >= 15 is 0 Å². The van der Waals surface area contributed by atoms with Gasteiger partial charge in [0.15, 0.2) is 0 Å². The van der Waals surface area contributed by atoms with Crippen LogP contribution in [0.15, 0.2) is 55.3 Å². The van der Waals surface area contributed by atoms with Crippen molar-refractivity contribution in [3.63, 3.8) is 0 Å². The molecule has 1 aliphatic heterocycles. The van der Waals surface area contributed by atoms with Crippen LogP contribution in [0.4, 0.5) is 5.69 Å². The molecular formula is C21H24N4O2. The van der Waals surface area contributed by atoms with E-state index in [9.17, 15) is 9.59 Å². The molecule has 0 bridgehead atoms. The second kappa shape index (κ2) is 8.49. The van der Waals surface area contributed by atoms with Crippen LogP contribution in [0.1, 0.15) is 26.4 Å². The number of carbonyl (C=O) groups excluding carboxylic acids is 2. The van der Waals surface area contributed by atoms with Crippen molar-refractivity contribution >= 4 is 17.5 Å². The van der Waals surface area contributed by atoms with Gasteiger partial charge in [0.1, 0.15) is 5.69 Å². The third-order valence-corrected chi connectivity index (χ3v) is 4.58. The largest absolute Gasteiger partial charge is 0.368 e. The average molecular weight is 364 g/mol. The van der Waals surface area contributed by atoms with Gasteiger partial charge < -0.3 is 15.1 Å². The fourth-order valence-electron chi connectivity index (χ4n) is 3.12. The number of carbonyl (C=O) groups is 2. The van der Waals surface area contributed by atoms with Crippen LogP contribution in [-0.4, -0.2) is 54.4 Å². The van der Waals surface area contributed by atoms with Gasteiger partial charge in [-0.25, -0.2) is 0 Å². The number of nitrogens with one attached hydrogen (secondary N) is 1. The molecule has 27 heavy (non-hydrogen) atoms. The predicted octanol–water partition coefficient (Wildman–Crippen LogP) is 2.27. The first-order chi connectivity index (χ1) is 13.1. The molecule has 2 heterocycles. The quantitative estimate of drug-likeness (QED) is 0.827. The molecule has 2 amide bonds. The molecule has 1 N–H and O–H groups in total. The van der Waals surface area contributed by atoms with Crippen molar-refractivity contribution in [1.82, 2.24) is 15.2 Å². The highest BCUT2D eigenvalue weighted by molar-refractivity contribution is 5.98. The molecule has 1 fully saturated rings. The van der Waals surface area contributed by atoms with Crippen molar-refractivity contribution in [2.45, 2.75) is 6.92 Å². The van der Waals surface area contributed by atoms with Crippen molar-refractivity contribution in [1.29, 1.82) is 0 Å². The number of benzene rings is 1. The number of hydrogen-bond donors (Lipinski definition) is 1. The molecule has 0 saturated carbocycles. The van der Waals surface area contributed by atoms with Gasteiger partial charge >= 0.3 is 0 Å². The van der Waals surface area contributed by atoms with Crippen LogP contribution >= 0.6 is 0 Å². The number of pyridine rings is 1. The Kier molecular flexibility index (Phi) is 5.86. The average Bonchev–Trinajstić information content (AvgIpc) is 2.71. The summed E-state index contributed by atoms with van der Waals surface area (Å²) < 4.78 is 0. The van der Waals surface area contributed by atoms with Crippen molar-refractivity contribution in [3.05, 3.63) is 72.1 Å². The maximum atomic E-state index is 12.8. The summed E-state index contributed by atoms with van der Waals surface area (Å²) in [5.41, 5.74) is 3.14. The van der Waals surface area contributed by atoms with Crippen LogP contribution in [0, 0.1) is 6.92 Å². The second-order valence-electron chi connectivity index (χ2n) is 6.55. The van der Waals surface area contributed by atoms with Gasteiger partial charge in [0.25, 0.3) is 11.8 Å². The van der Waals surface area contributed by atoms with E-state index in [4.69, 9.17) is 0 Å². The molecule has 0 aliphatic carbocycles. The van der Waals surface area contributed by atoms with E-state index in [1.807, 2.05) is 4.90 Å². The first kappa shape index (κ1) is 18.6.